The van der Waals surface area contributed by atoms with Gasteiger partial charge in [0.2, 0.25) is 5.89 Å². The van der Waals surface area contributed by atoms with Crippen LogP contribution in [-0.2, 0) is 6.54 Å². The smallest absolute Gasteiger partial charge is 0.227 e. The molecule has 0 atom stereocenters. The zero-order valence-electron chi connectivity index (χ0n) is 9.62. The molecular weight excluding hydrogens is 299 g/mol. The molecule has 0 aliphatic heterocycles. The highest BCUT2D eigenvalue weighted by Crippen LogP contribution is 2.29. The van der Waals surface area contributed by atoms with E-state index in [1.54, 1.807) is 18.4 Å². The summed E-state index contributed by atoms with van der Waals surface area (Å²) in [5.41, 5.74) is 1.47. The Morgan fingerprint density at radius 3 is 3.06 bits per heavy atom. The lowest BCUT2D eigenvalue weighted by Gasteiger charge is -2.00. The summed E-state index contributed by atoms with van der Waals surface area (Å²) in [5, 5.41) is 3.36. The number of hydrogen-bond donors (Lipinski definition) is 1. The van der Waals surface area contributed by atoms with Crippen LogP contribution in [0.15, 0.2) is 33.4 Å². The van der Waals surface area contributed by atoms with E-state index in [1.165, 1.54) is 18.9 Å². The van der Waals surface area contributed by atoms with E-state index in [0.717, 1.165) is 5.69 Å². The van der Waals surface area contributed by atoms with Crippen LogP contribution in [0, 0.1) is 5.82 Å². The molecule has 0 saturated heterocycles. The second kappa shape index (κ2) is 4.82. The summed E-state index contributed by atoms with van der Waals surface area (Å²) in [6.07, 6.45) is 4.09. The molecule has 1 aliphatic rings. The van der Waals surface area contributed by atoms with Crippen molar-refractivity contribution < 1.29 is 8.81 Å². The molecule has 1 N–H and O–H groups in total. The van der Waals surface area contributed by atoms with Gasteiger partial charge in [-0.2, -0.15) is 0 Å². The fraction of sp³-hybridized carbons (Fsp3) is 0.308. The first-order chi connectivity index (χ1) is 8.74. The van der Waals surface area contributed by atoms with Gasteiger partial charge in [-0.3, -0.25) is 0 Å². The van der Waals surface area contributed by atoms with Crippen LogP contribution in [-0.4, -0.2) is 11.0 Å². The lowest BCUT2D eigenvalue weighted by atomic mass is 10.2. The van der Waals surface area contributed by atoms with Gasteiger partial charge >= 0.3 is 0 Å². The summed E-state index contributed by atoms with van der Waals surface area (Å²) >= 11 is 3.21. The molecule has 1 aromatic carbocycles. The number of oxazole rings is 1. The average molecular weight is 311 g/mol. The average Bonchev–Trinajstić information content (AvgIpc) is 3.08. The number of hydrogen-bond acceptors (Lipinski definition) is 3. The van der Waals surface area contributed by atoms with Crippen LogP contribution in [0.4, 0.5) is 4.39 Å². The summed E-state index contributed by atoms with van der Waals surface area (Å²) in [6.45, 7) is 0.696. The molecule has 3 nitrogen and oxygen atoms in total. The fourth-order valence-corrected chi connectivity index (χ4v) is 2.15. The third-order valence-electron chi connectivity index (χ3n) is 2.88. The second-order valence-corrected chi connectivity index (χ2v) is 5.19. The van der Waals surface area contributed by atoms with E-state index < -0.39 is 0 Å². The van der Waals surface area contributed by atoms with Gasteiger partial charge in [0.05, 0.1) is 15.7 Å². The number of nitrogens with zero attached hydrogens (tertiary/aromatic N) is 1. The van der Waals surface area contributed by atoms with Crippen LogP contribution in [0.25, 0.3) is 11.5 Å². The SMILES string of the molecule is Fc1cccc(-c2nc(CNC3CC3)co2)c1Br. The normalized spacial score (nSPS) is 15.0. The van der Waals surface area contributed by atoms with Gasteiger partial charge in [0.15, 0.2) is 0 Å². The quantitative estimate of drug-likeness (QED) is 0.939. The molecule has 1 aliphatic carbocycles. The standard InChI is InChI=1S/C13H12BrFN2O/c14-12-10(2-1-3-11(12)15)13-17-9(7-18-13)6-16-8-4-5-8/h1-3,7-8,16H,4-6H2. The van der Waals surface area contributed by atoms with Crippen LogP contribution >= 0.6 is 15.9 Å². The Balaban J connectivity index is 1.80. The van der Waals surface area contributed by atoms with Gasteiger partial charge in [0.25, 0.3) is 0 Å². The van der Waals surface area contributed by atoms with Crippen molar-refractivity contribution in [2.75, 3.05) is 0 Å². The van der Waals surface area contributed by atoms with E-state index in [0.29, 0.717) is 28.5 Å². The van der Waals surface area contributed by atoms with Crippen LogP contribution in [0.1, 0.15) is 18.5 Å². The van der Waals surface area contributed by atoms with Gasteiger partial charge in [-0.05, 0) is 40.9 Å². The molecule has 0 amide bonds. The van der Waals surface area contributed by atoms with Crippen molar-refractivity contribution in [3.63, 3.8) is 0 Å². The largest absolute Gasteiger partial charge is 0.444 e. The molecule has 1 fully saturated rings. The van der Waals surface area contributed by atoms with Crippen molar-refractivity contribution in [3.05, 3.63) is 40.4 Å². The zero-order chi connectivity index (χ0) is 12.5. The van der Waals surface area contributed by atoms with Crippen molar-refractivity contribution in [2.24, 2.45) is 0 Å². The summed E-state index contributed by atoms with van der Waals surface area (Å²) in [7, 11) is 0. The maximum Gasteiger partial charge on any atom is 0.227 e. The highest BCUT2D eigenvalue weighted by Gasteiger charge is 2.21. The van der Waals surface area contributed by atoms with Crippen molar-refractivity contribution in [2.45, 2.75) is 25.4 Å². The molecule has 0 bridgehead atoms. The topological polar surface area (TPSA) is 38.1 Å². The molecule has 3 rings (SSSR count). The molecule has 0 radical (unpaired) electrons. The maximum absolute atomic E-state index is 13.4. The van der Waals surface area contributed by atoms with Gasteiger partial charge < -0.3 is 9.73 Å². The minimum atomic E-state index is -0.316. The third kappa shape index (κ3) is 2.47. The van der Waals surface area contributed by atoms with Crippen molar-refractivity contribution in [3.8, 4) is 11.5 Å². The van der Waals surface area contributed by atoms with Crippen LogP contribution in [0.3, 0.4) is 0 Å². The van der Waals surface area contributed by atoms with Crippen molar-refractivity contribution >= 4 is 15.9 Å². The van der Waals surface area contributed by atoms with Gasteiger partial charge in [-0.25, -0.2) is 9.37 Å². The fourth-order valence-electron chi connectivity index (χ4n) is 1.72. The van der Waals surface area contributed by atoms with E-state index in [4.69, 9.17) is 4.42 Å². The number of rotatable bonds is 4. The molecule has 0 spiro atoms. The van der Waals surface area contributed by atoms with Gasteiger partial charge in [0, 0.05) is 12.6 Å². The van der Waals surface area contributed by atoms with Crippen LogP contribution in [0.5, 0.6) is 0 Å². The van der Waals surface area contributed by atoms with Crippen molar-refractivity contribution in [1.29, 1.82) is 0 Å². The highest BCUT2D eigenvalue weighted by molar-refractivity contribution is 9.10. The molecule has 0 unspecified atom stereocenters. The van der Waals surface area contributed by atoms with E-state index >= 15 is 0 Å². The Hall–Kier alpha value is -1.20. The monoisotopic (exact) mass is 310 g/mol. The second-order valence-electron chi connectivity index (χ2n) is 4.40. The molecule has 2 aromatic rings. The number of nitrogens with one attached hydrogen (secondary N) is 1. The molecule has 5 heteroatoms. The minimum Gasteiger partial charge on any atom is -0.444 e. The zero-order valence-corrected chi connectivity index (χ0v) is 11.2. The number of halogens is 2. The Morgan fingerprint density at radius 2 is 2.28 bits per heavy atom. The predicted octanol–water partition coefficient (Wildman–Crippen LogP) is 3.50. The molecule has 1 heterocycles. The number of aromatic nitrogens is 1. The first-order valence-electron chi connectivity index (χ1n) is 5.86. The Labute approximate surface area is 113 Å². The Bertz CT molecular complexity index is 566. The number of benzene rings is 1. The van der Waals surface area contributed by atoms with Crippen molar-refractivity contribution in [1.82, 2.24) is 10.3 Å². The van der Waals surface area contributed by atoms with E-state index in [9.17, 15) is 4.39 Å². The summed E-state index contributed by atoms with van der Waals surface area (Å²) in [6, 6.07) is 5.44. The summed E-state index contributed by atoms with van der Waals surface area (Å²) in [4.78, 5) is 4.36. The Kier molecular flexibility index (Phi) is 3.18. The predicted molar refractivity (Wildman–Crippen MR) is 69.5 cm³/mol. The van der Waals surface area contributed by atoms with E-state index in [2.05, 4.69) is 26.2 Å². The van der Waals surface area contributed by atoms with Gasteiger partial charge in [-0.1, -0.05) is 6.07 Å². The van der Waals surface area contributed by atoms with Gasteiger partial charge in [0.1, 0.15) is 12.1 Å². The summed E-state index contributed by atoms with van der Waals surface area (Å²) in [5.74, 6) is 0.123. The molecular formula is C13H12BrFN2O. The molecule has 18 heavy (non-hydrogen) atoms. The summed E-state index contributed by atoms with van der Waals surface area (Å²) < 4.78 is 19.2. The lowest BCUT2D eigenvalue weighted by Crippen LogP contribution is -2.15. The van der Waals surface area contributed by atoms with E-state index in [-0.39, 0.29) is 5.82 Å². The lowest BCUT2D eigenvalue weighted by molar-refractivity contribution is 0.567. The first-order valence-corrected chi connectivity index (χ1v) is 6.65. The van der Waals surface area contributed by atoms with Crippen LogP contribution in [0.2, 0.25) is 0 Å². The minimum absolute atomic E-state index is 0.316. The van der Waals surface area contributed by atoms with Crippen LogP contribution < -0.4 is 5.32 Å². The van der Waals surface area contributed by atoms with E-state index in [1.807, 2.05) is 0 Å². The Morgan fingerprint density at radius 1 is 1.44 bits per heavy atom. The third-order valence-corrected chi connectivity index (χ3v) is 3.69. The molecule has 1 saturated carbocycles. The molecule has 94 valence electrons. The maximum atomic E-state index is 13.4. The first kappa shape index (κ1) is 11.9. The molecule has 1 aromatic heterocycles. The highest BCUT2D eigenvalue weighted by atomic mass is 79.9. The van der Waals surface area contributed by atoms with Gasteiger partial charge in [-0.15, -0.1) is 0 Å².